The van der Waals surface area contributed by atoms with Crippen LogP contribution < -0.4 is 15.4 Å². The molecule has 0 amide bonds. The van der Waals surface area contributed by atoms with Crippen molar-refractivity contribution in [2.75, 3.05) is 44.5 Å². The monoisotopic (exact) mass is 224 g/mol. The summed E-state index contributed by atoms with van der Waals surface area (Å²) in [6.45, 7) is 4.11. The number of hydrogen-bond acceptors (Lipinski definition) is 4. The van der Waals surface area contributed by atoms with Gasteiger partial charge in [-0.1, -0.05) is 0 Å². The van der Waals surface area contributed by atoms with Crippen LogP contribution in [0, 0.1) is 0 Å². The number of hydrogen-bond donors (Lipinski definition) is 1. The number of nitrogens with zero attached hydrogens (tertiary/aromatic N) is 1. The Labute approximate surface area is 96.9 Å². The summed E-state index contributed by atoms with van der Waals surface area (Å²) in [6, 6.07) is 5.74. The molecule has 0 aliphatic carbocycles. The van der Waals surface area contributed by atoms with Crippen LogP contribution in [0.5, 0.6) is 5.75 Å². The topological polar surface area (TPSA) is 47.7 Å². The van der Waals surface area contributed by atoms with Crippen molar-refractivity contribution in [3.8, 4) is 5.75 Å². The summed E-state index contributed by atoms with van der Waals surface area (Å²) in [7, 11) is 3.70. The number of rotatable bonds is 6. The molecule has 4 heteroatoms. The Kier molecular flexibility index (Phi) is 4.92. The van der Waals surface area contributed by atoms with Crippen molar-refractivity contribution >= 4 is 11.4 Å². The molecule has 1 rings (SSSR count). The van der Waals surface area contributed by atoms with Gasteiger partial charge in [0, 0.05) is 44.2 Å². The molecule has 0 aliphatic heterocycles. The van der Waals surface area contributed by atoms with E-state index in [0.717, 1.165) is 18.0 Å². The third-order valence-electron chi connectivity index (χ3n) is 2.30. The number of likely N-dealkylation sites (N-methyl/N-ethyl adjacent to an activating group) is 1. The van der Waals surface area contributed by atoms with Gasteiger partial charge in [-0.25, -0.2) is 0 Å². The summed E-state index contributed by atoms with van der Waals surface area (Å²) in [4.78, 5) is 2.09. The summed E-state index contributed by atoms with van der Waals surface area (Å²) in [5.74, 6) is 0.807. The average molecular weight is 224 g/mol. The van der Waals surface area contributed by atoms with Crippen LogP contribution in [0.25, 0.3) is 0 Å². The van der Waals surface area contributed by atoms with Crippen molar-refractivity contribution in [3.63, 3.8) is 0 Å². The van der Waals surface area contributed by atoms with E-state index in [1.165, 1.54) is 0 Å². The van der Waals surface area contributed by atoms with E-state index in [4.69, 9.17) is 15.2 Å². The molecule has 0 bridgehead atoms. The number of methoxy groups -OCH3 is 1. The summed E-state index contributed by atoms with van der Waals surface area (Å²) >= 11 is 0. The summed E-state index contributed by atoms with van der Waals surface area (Å²) < 4.78 is 10.5. The zero-order chi connectivity index (χ0) is 12.0. The summed E-state index contributed by atoms with van der Waals surface area (Å²) in [5, 5.41) is 0. The molecule has 1 aromatic rings. The third kappa shape index (κ3) is 3.62. The van der Waals surface area contributed by atoms with Gasteiger partial charge in [-0.05, 0) is 13.0 Å². The van der Waals surface area contributed by atoms with Crippen LogP contribution in [0.2, 0.25) is 0 Å². The summed E-state index contributed by atoms with van der Waals surface area (Å²) in [6.07, 6.45) is 0. The van der Waals surface area contributed by atoms with Gasteiger partial charge < -0.3 is 20.1 Å². The molecule has 0 radical (unpaired) electrons. The molecule has 2 N–H and O–H groups in total. The van der Waals surface area contributed by atoms with Crippen LogP contribution in [0.4, 0.5) is 11.4 Å². The predicted octanol–water partition coefficient (Wildman–Crippen LogP) is 1.75. The van der Waals surface area contributed by atoms with E-state index >= 15 is 0 Å². The molecular formula is C12H20N2O2. The van der Waals surface area contributed by atoms with Gasteiger partial charge in [0.1, 0.15) is 5.75 Å². The minimum Gasteiger partial charge on any atom is -0.494 e. The number of benzene rings is 1. The van der Waals surface area contributed by atoms with E-state index in [-0.39, 0.29) is 0 Å². The van der Waals surface area contributed by atoms with Crippen molar-refractivity contribution in [1.29, 1.82) is 0 Å². The van der Waals surface area contributed by atoms with E-state index in [1.54, 1.807) is 7.11 Å². The molecule has 0 fully saturated rings. The van der Waals surface area contributed by atoms with Crippen LogP contribution in [0.15, 0.2) is 18.2 Å². The van der Waals surface area contributed by atoms with Crippen molar-refractivity contribution < 1.29 is 9.47 Å². The van der Waals surface area contributed by atoms with Gasteiger partial charge in [-0.3, -0.25) is 0 Å². The Hall–Kier alpha value is -1.42. The molecular weight excluding hydrogens is 204 g/mol. The van der Waals surface area contributed by atoms with Gasteiger partial charge in [0.2, 0.25) is 0 Å². The van der Waals surface area contributed by atoms with Crippen molar-refractivity contribution in [1.82, 2.24) is 0 Å². The SMILES string of the molecule is CCOc1cc(N)cc(N(C)CCOC)c1. The second kappa shape index (κ2) is 6.23. The van der Waals surface area contributed by atoms with Crippen molar-refractivity contribution in [2.45, 2.75) is 6.92 Å². The Morgan fingerprint density at radius 3 is 2.69 bits per heavy atom. The van der Waals surface area contributed by atoms with E-state index in [2.05, 4.69) is 4.90 Å². The van der Waals surface area contributed by atoms with Crippen molar-refractivity contribution in [2.24, 2.45) is 0 Å². The van der Waals surface area contributed by atoms with E-state index < -0.39 is 0 Å². The molecule has 0 atom stereocenters. The molecule has 0 heterocycles. The zero-order valence-electron chi connectivity index (χ0n) is 10.2. The summed E-state index contributed by atoms with van der Waals surface area (Å²) in [5.41, 5.74) is 7.57. The van der Waals surface area contributed by atoms with Gasteiger partial charge in [0.25, 0.3) is 0 Å². The third-order valence-corrected chi connectivity index (χ3v) is 2.30. The van der Waals surface area contributed by atoms with Gasteiger partial charge in [0.15, 0.2) is 0 Å². The van der Waals surface area contributed by atoms with Crippen LogP contribution in [0.1, 0.15) is 6.92 Å². The van der Waals surface area contributed by atoms with Crippen LogP contribution >= 0.6 is 0 Å². The Morgan fingerprint density at radius 1 is 1.31 bits per heavy atom. The minimum absolute atomic E-state index is 0.644. The number of nitrogen functional groups attached to an aromatic ring is 1. The number of anilines is 2. The lowest BCUT2D eigenvalue weighted by atomic mass is 10.2. The maximum Gasteiger partial charge on any atom is 0.123 e. The second-order valence-electron chi connectivity index (χ2n) is 3.61. The highest BCUT2D eigenvalue weighted by atomic mass is 16.5. The molecule has 90 valence electrons. The lowest BCUT2D eigenvalue weighted by molar-refractivity contribution is 0.206. The standard InChI is InChI=1S/C12H20N2O2/c1-4-16-12-8-10(13)7-11(9-12)14(2)5-6-15-3/h7-9H,4-6,13H2,1-3H3. The maximum absolute atomic E-state index is 5.82. The fraction of sp³-hybridized carbons (Fsp3) is 0.500. The molecule has 0 aromatic heterocycles. The van der Waals surface area contributed by atoms with Crippen molar-refractivity contribution in [3.05, 3.63) is 18.2 Å². The molecule has 0 saturated heterocycles. The minimum atomic E-state index is 0.644. The average Bonchev–Trinajstić information content (AvgIpc) is 2.25. The van der Waals surface area contributed by atoms with Crippen LogP contribution in [0.3, 0.4) is 0 Å². The molecule has 0 spiro atoms. The van der Waals surface area contributed by atoms with E-state index in [9.17, 15) is 0 Å². The maximum atomic E-state index is 5.82. The number of nitrogens with two attached hydrogens (primary N) is 1. The van der Waals surface area contributed by atoms with E-state index in [1.807, 2.05) is 32.2 Å². The molecule has 0 aliphatic rings. The lowest BCUT2D eigenvalue weighted by Gasteiger charge is -2.20. The van der Waals surface area contributed by atoms with Crippen LogP contribution in [-0.2, 0) is 4.74 Å². The molecule has 1 aromatic carbocycles. The largest absolute Gasteiger partial charge is 0.494 e. The highest BCUT2D eigenvalue weighted by Crippen LogP contribution is 2.24. The van der Waals surface area contributed by atoms with Gasteiger partial charge in [-0.15, -0.1) is 0 Å². The first kappa shape index (κ1) is 12.6. The van der Waals surface area contributed by atoms with Gasteiger partial charge >= 0.3 is 0 Å². The quantitative estimate of drug-likeness (QED) is 0.748. The highest BCUT2D eigenvalue weighted by molar-refractivity contribution is 5.60. The highest BCUT2D eigenvalue weighted by Gasteiger charge is 2.04. The molecule has 0 saturated carbocycles. The lowest BCUT2D eigenvalue weighted by Crippen LogP contribution is -2.22. The van der Waals surface area contributed by atoms with Gasteiger partial charge in [-0.2, -0.15) is 0 Å². The zero-order valence-corrected chi connectivity index (χ0v) is 10.2. The Morgan fingerprint density at radius 2 is 2.06 bits per heavy atom. The van der Waals surface area contributed by atoms with E-state index in [0.29, 0.717) is 18.9 Å². The van der Waals surface area contributed by atoms with Crippen LogP contribution in [-0.4, -0.2) is 33.9 Å². The first-order valence-electron chi connectivity index (χ1n) is 5.40. The smallest absolute Gasteiger partial charge is 0.123 e. The fourth-order valence-electron chi connectivity index (χ4n) is 1.43. The normalized spacial score (nSPS) is 10.2. The Balaban J connectivity index is 2.78. The molecule has 4 nitrogen and oxygen atoms in total. The predicted molar refractivity (Wildman–Crippen MR) is 67.2 cm³/mol. The molecule has 0 unspecified atom stereocenters. The Bertz CT molecular complexity index is 329. The fourth-order valence-corrected chi connectivity index (χ4v) is 1.43. The molecule has 16 heavy (non-hydrogen) atoms. The number of ether oxygens (including phenoxy) is 2. The van der Waals surface area contributed by atoms with Gasteiger partial charge in [0.05, 0.1) is 13.2 Å². The first-order chi connectivity index (χ1) is 7.67. The second-order valence-corrected chi connectivity index (χ2v) is 3.61. The first-order valence-corrected chi connectivity index (χ1v) is 5.40.